The van der Waals surface area contributed by atoms with E-state index in [1.165, 1.54) is 27.6 Å². The Bertz CT molecular complexity index is 738. The van der Waals surface area contributed by atoms with Gasteiger partial charge in [0.15, 0.2) is 5.16 Å². The van der Waals surface area contributed by atoms with Crippen LogP contribution in [0.15, 0.2) is 39.0 Å². The number of hydrogen-bond donors (Lipinski definition) is 2. The number of aryl methyl sites for hydroxylation is 2. The molecular weight excluding hydrogens is 288 g/mol. The molecule has 7 heteroatoms. The Hall–Kier alpha value is -1.86. The van der Waals surface area contributed by atoms with Crippen LogP contribution in [-0.4, -0.2) is 27.6 Å². The standard InChI is InChI=1S/C14H18N4O2S/c1-9-5-4-6-10(7-9)11(15-2)8-21-14-16-12(19)13(20)17-18(14)3/h4-7,11,15H,8H2,1-3H3,(H,17,20). The van der Waals surface area contributed by atoms with E-state index in [9.17, 15) is 9.59 Å². The van der Waals surface area contributed by atoms with Crippen LogP contribution < -0.4 is 16.4 Å². The Morgan fingerprint density at radius 1 is 1.43 bits per heavy atom. The third kappa shape index (κ3) is 3.83. The molecule has 0 radical (unpaired) electrons. The van der Waals surface area contributed by atoms with Crippen molar-refractivity contribution in [3.05, 3.63) is 56.1 Å². The molecule has 112 valence electrons. The number of thioether (sulfide) groups is 1. The third-order valence-corrected chi connectivity index (χ3v) is 4.24. The molecule has 0 aliphatic carbocycles. The van der Waals surface area contributed by atoms with E-state index in [0.717, 1.165) is 0 Å². The number of rotatable bonds is 5. The van der Waals surface area contributed by atoms with Crippen LogP contribution in [0.3, 0.4) is 0 Å². The number of H-pyrrole nitrogens is 1. The van der Waals surface area contributed by atoms with Crippen LogP contribution in [0.4, 0.5) is 0 Å². The molecule has 2 aromatic rings. The Morgan fingerprint density at radius 3 is 2.86 bits per heavy atom. The number of nitrogens with one attached hydrogen (secondary N) is 2. The summed E-state index contributed by atoms with van der Waals surface area (Å²) in [6.45, 7) is 2.05. The summed E-state index contributed by atoms with van der Waals surface area (Å²) in [7, 11) is 3.56. The summed E-state index contributed by atoms with van der Waals surface area (Å²) in [6.07, 6.45) is 0. The van der Waals surface area contributed by atoms with Gasteiger partial charge >= 0.3 is 11.1 Å². The number of aromatic nitrogens is 3. The van der Waals surface area contributed by atoms with Crippen molar-refractivity contribution in [2.24, 2.45) is 7.05 Å². The van der Waals surface area contributed by atoms with Crippen molar-refractivity contribution in [3.63, 3.8) is 0 Å². The molecule has 0 spiro atoms. The summed E-state index contributed by atoms with van der Waals surface area (Å²) in [4.78, 5) is 26.3. The van der Waals surface area contributed by atoms with Gasteiger partial charge in [-0.05, 0) is 19.5 Å². The lowest BCUT2D eigenvalue weighted by molar-refractivity contribution is 0.593. The van der Waals surface area contributed by atoms with Gasteiger partial charge in [0.2, 0.25) is 0 Å². The summed E-state index contributed by atoms with van der Waals surface area (Å²) in [6, 6.07) is 8.40. The lowest BCUT2D eigenvalue weighted by atomic mass is 10.1. The smallest absolute Gasteiger partial charge is 0.312 e. The fraction of sp³-hybridized carbons (Fsp3) is 0.357. The summed E-state index contributed by atoms with van der Waals surface area (Å²) < 4.78 is 1.47. The van der Waals surface area contributed by atoms with Crippen LogP contribution in [0.1, 0.15) is 17.2 Å². The predicted molar refractivity (Wildman–Crippen MR) is 83.8 cm³/mol. The maximum absolute atomic E-state index is 11.3. The molecule has 1 aromatic carbocycles. The van der Waals surface area contributed by atoms with Gasteiger partial charge in [0, 0.05) is 18.8 Å². The van der Waals surface area contributed by atoms with Gasteiger partial charge in [-0.2, -0.15) is 4.98 Å². The van der Waals surface area contributed by atoms with E-state index in [0.29, 0.717) is 10.9 Å². The van der Waals surface area contributed by atoms with Crippen molar-refractivity contribution in [2.75, 3.05) is 12.8 Å². The zero-order valence-corrected chi connectivity index (χ0v) is 13.0. The molecule has 2 rings (SSSR count). The molecule has 1 aromatic heterocycles. The van der Waals surface area contributed by atoms with Crippen LogP contribution in [0.2, 0.25) is 0 Å². The van der Waals surface area contributed by atoms with E-state index < -0.39 is 11.1 Å². The SMILES string of the molecule is CNC(CSc1nc(=O)c(=O)[nH]n1C)c1cccc(C)c1. The molecule has 1 heterocycles. The Kier molecular flexibility index (Phi) is 4.98. The predicted octanol–water partition coefficient (Wildman–Crippen LogP) is 0.830. The van der Waals surface area contributed by atoms with Crippen molar-refractivity contribution >= 4 is 11.8 Å². The lowest BCUT2D eigenvalue weighted by Crippen LogP contribution is -2.34. The van der Waals surface area contributed by atoms with E-state index in [4.69, 9.17) is 0 Å². The third-order valence-electron chi connectivity index (χ3n) is 3.12. The van der Waals surface area contributed by atoms with Gasteiger partial charge in [0.05, 0.1) is 0 Å². The first-order valence-corrected chi connectivity index (χ1v) is 7.54. The molecule has 1 atom stereocenters. The van der Waals surface area contributed by atoms with Crippen LogP contribution >= 0.6 is 11.8 Å². The van der Waals surface area contributed by atoms with Gasteiger partial charge in [-0.3, -0.25) is 19.4 Å². The Labute approximate surface area is 126 Å². The van der Waals surface area contributed by atoms with Gasteiger partial charge in [-0.25, -0.2) is 0 Å². The number of hydrogen-bond acceptors (Lipinski definition) is 5. The minimum Gasteiger partial charge on any atom is -0.312 e. The van der Waals surface area contributed by atoms with Crippen LogP contribution in [0, 0.1) is 6.92 Å². The topological polar surface area (TPSA) is 79.8 Å². The van der Waals surface area contributed by atoms with Gasteiger partial charge in [0.1, 0.15) is 0 Å². The van der Waals surface area contributed by atoms with Gasteiger partial charge in [-0.15, -0.1) is 0 Å². The van der Waals surface area contributed by atoms with E-state index in [1.54, 1.807) is 7.05 Å². The highest BCUT2D eigenvalue weighted by molar-refractivity contribution is 7.99. The van der Waals surface area contributed by atoms with Crippen molar-refractivity contribution in [2.45, 2.75) is 18.1 Å². The molecule has 0 aliphatic rings. The highest BCUT2D eigenvalue weighted by Crippen LogP contribution is 2.22. The molecule has 0 saturated carbocycles. The average Bonchev–Trinajstić information content (AvgIpc) is 2.45. The van der Waals surface area contributed by atoms with Gasteiger partial charge in [-0.1, -0.05) is 41.6 Å². The number of benzene rings is 1. The van der Waals surface area contributed by atoms with Crippen molar-refractivity contribution in [3.8, 4) is 0 Å². The zero-order valence-electron chi connectivity index (χ0n) is 12.2. The first-order chi connectivity index (χ1) is 10.0. The highest BCUT2D eigenvalue weighted by Gasteiger charge is 2.12. The molecule has 0 aliphatic heterocycles. The second-order valence-electron chi connectivity index (χ2n) is 4.77. The molecule has 0 bridgehead atoms. The van der Waals surface area contributed by atoms with Crippen LogP contribution in [0.5, 0.6) is 0 Å². The average molecular weight is 306 g/mol. The summed E-state index contributed by atoms with van der Waals surface area (Å²) in [5.74, 6) is 0.701. The first kappa shape index (κ1) is 15.5. The number of nitrogens with zero attached hydrogens (tertiary/aromatic N) is 2. The molecule has 0 fully saturated rings. The molecule has 0 amide bonds. The molecule has 21 heavy (non-hydrogen) atoms. The Morgan fingerprint density at radius 2 is 2.19 bits per heavy atom. The molecule has 0 saturated heterocycles. The van der Waals surface area contributed by atoms with Crippen LogP contribution in [0.25, 0.3) is 0 Å². The summed E-state index contributed by atoms with van der Waals surface area (Å²) >= 11 is 1.42. The second kappa shape index (κ2) is 6.73. The molecule has 1 unspecified atom stereocenters. The van der Waals surface area contributed by atoms with Crippen molar-refractivity contribution in [1.82, 2.24) is 20.1 Å². The monoisotopic (exact) mass is 306 g/mol. The minimum atomic E-state index is -0.757. The van der Waals surface area contributed by atoms with E-state index in [-0.39, 0.29) is 6.04 Å². The minimum absolute atomic E-state index is 0.138. The maximum atomic E-state index is 11.3. The van der Waals surface area contributed by atoms with Gasteiger partial charge < -0.3 is 5.32 Å². The van der Waals surface area contributed by atoms with Crippen molar-refractivity contribution in [1.29, 1.82) is 0 Å². The normalized spacial score (nSPS) is 12.3. The molecule has 2 N–H and O–H groups in total. The van der Waals surface area contributed by atoms with E-state index >= 15 is 0 Å². The zero-order chi connectivity index (χ0) is 15.4. The maximum Gasteiger partial charge on any atom is 0.339 e. The van der Waals surface area contributed by atoms with Crippen LogP contribution in [-0.2, 0) is 7.05 Å². The summed E-state index contributed by atoms with van der Waals surface area (Å²) in [5, 5.41) is 6.19. The van der Waals surface area contributed by atoms with E-state index in [1.807, 2.05) is 13.1 Å². The molecular formula is C14H18N4O2S. The largest absolute Gasteiger partial charge is 0.339 e. The highest BCUT2D eigenvalue weighted by atomic mass is 32.2. The quantitative estimate of drug-likeness (QED) is 0.632. The second-order valence-corrected chi connectivity index (χ2v) is 5.75. The Balaban J connectivity index is 2.16. The number of aromatic amines is 1. The summed E-state index contributed by atoms with van der Waals surface area (Å²) in [5.41, 5.74) is 0.921. The van der Waals surface area contributed by atoms with Gasteiger partial charge in [0.25, 0.3) is 0 Å². The fourth-order valence-electron chi connectivity index (χ4n) is 1.98. The lowest BCUT2D eigenvalue weighted by Gasteiger charge is -2.17. The molecule has 6 nitrogen and oxygen atoms in total. The fourth-order valence-corrected chi connectivity index (χ4v) is 3.04. The first-order valence-electron chi connectivity index (χ1n) is 6.55. The van der Waals surface area contributed by atoms with Crippen molar-refractivity contribution < 1.29 is 0 Å². The van der Waals surface area contributed by atoms with E-state index in [2.05, 4.69) is 40.5 Å².